The second-order valence-electron chi connectivity index (χ2n) is 3.73. The summed E-state index contributed by atoms with van der Waals surface area (Å²) in [6.07, 6.45) is 3.48. The first-order valence-corrected chi connectivity index (χ1v) is 5.07. The maximum Gasteiger partial charge on any atom is 0.154 e. The summed E-state index contributed by atoms with van der Waals surface area (Å²) in [5.41, 5.74) is 8.72. The van der Waals surface area contributed by atoms with E-state index in [4.69, 9.17) is 5.73 Å². The van der Waals surface area contributed by atoms with Crippen LogP contribution in [0.2, 0.25) is 0 Å². The Morgan fingerprint density at radius 1 is 1.12 bits per heavy atom. The molecular weight excluding hydrogens is 200 g/mol. The van der Waals surface area contributed by atoms with Gasteiger partial charge in [0.05, 0.1) is 5.69 Å². The second kappa shape index (κ2) is 4.18. The van der Waals surface area contributed by atoms with Crippen LogP contribution in [0.5, 0.6) is 0 Å². The zero-order chi connectivity index (χ0) is 11.5. The Labute approximate surface area is 94.5 Å². The Morgan fingerprint density at radius 3 is 2.62 bits per heavy atom. The molecule has 0 spiro atoms. The average Bonchev–Trinajstić information content (AvgIpc) is 2.25. The fourth-order valence-corrected chi connectivity index (χ4v) is 1.40. The molecule has 2 rings (SSSR count). The number of hydrogen-bond acceptors (Lipinski definition) is 4. The van der Waals surface area contributed by atoms with Crippen LogP contribution in [0.25, 0.3) is 0 Å². The van der Waals surface area contributed by atoms with E-state index in [1.54, 1.807) is 12.4 Å². The summed E-state index contributed by atoms with van der Waals surface area (Å²) in [6.45, 7) is 3.96. The van der Waals surface area contributed by atoms with Gasteiger partial charge < -0.3 is 11.1 Å². The largest absolute Gasteiger partial charge is 0.396 e. The van der Waals surface area contributed by atoms with E-state index >= 15 is 0 Å². The lowest BCUT2D eigenvalue weighted by atomic mass is 10.2. The lowest BCUT2D eigenvalue weighted by molar-refractivity contribution is 1.23. The van der Waals surface area contributed by atoms with E-state index in [2.05, 4.69) is 15.3 Å². The number of aromatic nitrogens is 2. The summed E-state index contributed by atoms with van der Waals surface area (Å²) in [4.78, 5) is 8.39. The third-order valence-corrected chi connectivity index (χ3v) is 2.37. The quantitative estimate of drug-likeness (QED) is 0.805. The summed E-state index contributed by atoms with van der Waals surface area (Å²) < 4.78 is 0. The predicted octanol–water partition coefficient (Wildman–Crippen LogP) is 2.42. The van der Waals surface area contributed by atoms with Crippen molar-refractivity contribution in [1.29, 1.82) is 0 Å². The summed E-state index contributed by atoms with van der Waals surface area (Å²) in [5, 5.41) is 3.11. The number of pyridine rings is 2. The summed E-state index contributed by atoms with van der Waals surface area (Å²) in [5.74, 6) is 1.41. The highest BCUT2D eigenvalue weighted by molar-refractivity contribution is 5.69. The molecule has 0 fully saturated rings. The van der Waals surface area contributed by atoms with Crippen LogP contribution in [0.15, 0.2) is 30.6 Å². The van der Waals surface area contributed by atoms with Crippen LogP contribution in [-0.2, 0) is 0 Å². The van der Waals surface area contributed by atoms with Crippen LogP contribution >= 0.6 is 0 Å². The van der Waals surface area contributed by atoms with Crippen molar-refractivity contribution < 1.29 is 0 Å². The maximum atomic E-state index is 5.92. The number of nitrogens with two attached hydrogens (primary N) is 1. The summed E-state index contributed by atoms with van der Waals surface area (Å²) >= 11 is 0. The van der Waals surface area contributed by atoms with E-state index in [0.717, 1.165) is 16.9 Å². The van der Waals surface area contributed by atoms with Crippen molar-refractivity contribution in [1.82, 2.24) is 9.97 Å². The second-order valence-corrected chi connectivity index (χ2v) is 3.73. The van der Waals surface area contributed by atoms with Gasteiger partial charge in [-0.1, -0.05) is 0 Å². The number of nitrogen functional groups attached to an aromatic ring is 1. The highest BCUT2D eigenvalue weighted by atomic mass is 15.1. The van der Waals surface area contributed by atoms with Gasteiger partial charge in [0.2, 0.25) is 0 Å². The third kappa shape index (κ3) is 2.11. The lowest BCUT2D eigenvalue weighted by Gasteiger charge is -2.09. The molecule has 16 heavy (non-hydrogen) atoms. The van der Waals surface area contributed by atoms with Gasteiger partial charge in [-0.05, 0) is 43.2 Å². The highest BCUT2D eigenvalue weighted by Crippen LogP contribution is 2.22. The molecule has 0 aromatic carbocycles. The van der Waals surface area contributed by atoms with E-state index in [0.29, 0.717) is 11.5 Å². The van der Waals surface area contributed by atoms with Gasteiger partial charge >= 0.3 is 0 Å². The Bertz CT molecular complexity index is 508. The van der Waals surface area contributed by atoms with Gasteiger partial charge in [-0.25, -0.2) is 9.97 Å². The average molecular weight is 214 g/mol. The molecule has 2 aromatic heterocycles. The van der Waals surface area contributed by atoms with E-state index in [1.165, 1.54) is 0 Å². The van der Waals surface area contributed by atoms with E-state index in [9.17, 15) is 0 Å². The minimum Gasteiger partial charge on any atom is -0.396 e. The van der Waals surface area contributed by atoms with Crippen LogP contribution in [0.4, 0.5) is 17.3 Å². The number of hydrogen-bond donors (Lipinski definition) is 2. The standard InChI is InChI=1S/C12H14N4/c1-8-3-5-14-10(7-8)16-12-11(13)9(2)4-6-15-12/h3-7H,13H2,1-2H3,(H,14,15,16). The van der Waals surface area contributed by atoms with Crippen molar-refractivity contribution >= 4 is 17.3 Å². The first kappa shape index (κ1) is 10.4. The molecule has 0 radical (unpaired) electrons. The number of anilines is 3. The molecule has 0 aliphatic rings. The molecule has 0 atom stereocenters. The minimum atomic E-state index is 0.651. The zero-order valence-electron chi connectivity index (χ0n) is 9.36. The summed E-state index contributed by atoms with van der Waals surface area (Å²) in [6, 6.07) is 5.77. The van der Waals surface area contributed by atoms with Gasteiger partial charge in [-0.15, -0.1) is 0 Å². The van der Waals surface area contributed by atoms with Gasteiger partial charge in [0.25, 0.3) is 0 Å². The van der Waals surface area contributed by atoms with E-state index < -0.39 is 0 Å². The number of nitrogens with zero attached hydrogens (tertiary/aromatic N) is 2. The molecule has 0 aliphatic heterocycles. The van der Waals surface area contributed by atoms with E-state index in [-0.39, 0.29) is 0 Å². The molecule has 0 saturated carbocycles. The van der Waals surface area contributed by atoms with Crippen molar-refractivity contribution in [3.8, 4) is 0 Å². The van der Waals surface area contributed by atoms with Gasteiger partial charge in [0.15, 0.2) is 5.82 Å². The van der Waals surface area contributed by atoms with Gasteiger partial charge in [0, 0.05) is 12.4 Å². The van der Waals surface area contributed by atoms with Crippen molar-refractivity contribution in [2.75, 3.05) is 11.1 Å². The summed E-state index contributed by atoms with van der Waals surface area (Å²) in [7, 11) is 0. The molecule has 0 bridgehead atoms. The lowest BCUT2D eigenvalue weighted by Crippen LogP contribution is -2.02. The first-order valence-electron chi connectivity index (χ1n) is 5.07. The molecule has 0 amide bonds. The fourth-order valence-electron chi connectivity index (χ4n) is 1.40. The molecule has 0 unspecified atom stereocenters. The highest BCUT2D eigenvalue weighted by Gasteiger charge is 2.03. The first-order chi connectivity index (χ1) is 7.66. The molecule has 4 nitrogen and oxygen atoms in total. The van der Waals surface area contributed by atoms with Crippen LogP contribution in [0.1, 0.15) is 11.1 Å². The number of nitrogens with one attached hydrogen (secondary N) is 1. The Kier molecular flexibility index (Phi) is 2.72. The minimum absolute atomic E-state index is 0.651. The predicted molar refractivity (Wildman–Crippen MR) is 65.6 cm³/mol. The fraction of sp³-hybridized carbons (Fsp3) is 0.167. The molecule has 2 heterocycles. The number of aryl methyl sites for hydroxylation is 2. The van der Waals surface area contributed by atoms with Crippen molar-refractivity contribution in [3.63, 3.8) is 0 Å². The van der Waals surface area contributed by atoms with Crippen molar-refractivity contribution in [2.45, 2.75) is 13.8 Å². The third-order valence-electron chi connectivity index (χ3n) is 2.37. The Balaban J connectivity index is 2.31. The molecule has 82 valence electrons. The molecular formula is C12H14N4. The van der Waals surface area contributed by atoms with Gasteiger partial charge in [0.1, 0.15) is 5.82 Å². The van der Waals surface area contributed by atoms with Crippen LogP contribution < -0.4 is 11.1 Å². The van der Waals surface area contributed by atoms with Crippen LogP contribution in [-0.4, -0.2) is 9.97 Å². The SMILES string of the molecule is Cc1ccnc(Nc2nccc(C)c2N)c1. The normalized spacial score (nSPS) is 10.1. The van der Waals surface area contributed by atoms with Crippen molar-refractivity contribution in [3.05, 3.63) is 41.7 Å². The van der Waals surface area contributed by atoms with Crippen LogP contribution in [0.3, 0.4) is 0 Å². The smallest absolute Gasteiger partial charge is 0.154 e. The number of rotatable bonds is 2. The molecule has 0 saturated heterocycles. The monoisotopic (exact) mass is 214 g/mol. The maximum absolute atomic E-state index is 5.92. The molecule has 2 aromatic rings. The molecule has 4 heteroatoms. The van der Waals surface area contributed by atoms with Gasteiger partial charge in [-0.2, -0.15) is 0 Å². The zero-order valence-corrected chi connectivity index (χ0v) is 9.36. The topological polar surface area (TPSA) is 63.8 Å². The van der Waals surface area contributed by atoms with Crippen molar-refractivity contribution in [2.24, 2.45) is 0 Å². The van der Waals surface area contributed by atoms with E-state index in [1.807, 2.05) is 32.0 Å². The van der Waals surface area contributed by atoms with Crippen LogP contribution in [0, 0.1) is 13.8 Å². The Hall–Kier alpha value is -2.10. The Morgan fingerprint density at radius 2 is 1.88 bits per heavy atom. The molecule has 0 aliphatic carbocycles. The van der Waals surface area contributed by atoms with Gasteiger partial charge in [-0.3, -0.25) is 0 Å². The molecule has 3 N–H and O–H groups in total.